The third-order valence-corrected chi connectivity index (χ3v) is 5.70. The number of amides is 2. The highest BCUT2D eigenvalue weighted by molar-refractivity contribution is 5.93. The van der Waals surface area contributed by atoms with E-state index in [0.717, 1.165) is 16.8 Å². The van der Waals surface area contributed by atoms with Crippen LogP contribution in [0, 0.1) is 5.41 Å². The zero-order valence-corrected chi connectivity index (χ0v) is 22.1. The summed E-state index contributed by atoms with van der Waals surface area (Å²) in [4.78, 5) is 41.4. The van der Waals surface area contributed by atoms with Crippen LogP contribution >= 0.6 is 0 Å². The molecule has 7 nitrogen and oxygen atoms in total. The van der Waals surface area contributed by atoms with Gasteiger partial charge >= 0.3 is 5.97 Å². The molecule has 0 saturated carbocycles. The molecule has 0 aromatic heterocycles. The Labute approximate surface area is 209 Å². The van der Waals surface area contributed by atoms with E-state index in [1.165, 1.54) is 0 Å². The van der Waals surface area contributed by atoms with Crippen LogP contribution in [0.25, 0.3) is 0 Å². The molecule has 0 fully saturated rings. The van der Waals surface area contributed by atoms with E-state index in [9.17, 15) is 14.4 Å². The molecule has 1 N–H and O–H groups in total. The molecule has 0 radical (unpaired) electrons. The summed E-state index contributed by atoms with van der Waals surface area (Å²) in [6, 6.07) is 15.5. The Morgan fingerprint density at radius 1 is 1.00 bits per heavy atom. The Hall–Kier alpha value is -3.35. The van der Waals surface area contributed by atoms with Crippen LogP contribution in [0.4, 0.5) is 11.4 Å². The average molecular weight is 482 g/mol. The molecule has 0 bridgehead atoms. The molecule has 190 valence electrons. The molecule has 0 heterocycles. The number of esters is 1. The SMILES string of the molecule is CCOC(=O)CCC(=O)Nc1ccc(N(C)C)c(CN(C(=O)C(C)(C)C)[C@@H](C)c2ccccc2)c1. The third kappa shape index (κ3) is 8.12. The average Bonchev–Trinajstić information content (AvgIpc) is 2.80. The maximum atomic E-state index is 13.5. The first-order chi connectivity index (χ1) is 16.4. The topological polar surface area (TPSA) is 79.0 Å². The van der Waals surface area contributed by atoms with E-state index in [4.69, 9.17) is 4.74 Å². The first kappa shape index (κ1) is 27.9. The normalized spacial score (nSPS) is 12.0. The predicted octanol–water partition coefficient (Wildman–Crippen LogP) is 5.17. The van der Waals surface area contributed by atoms with E-state index in [-0.39, 0.29) is 30.7 Å². The van der Waals surface area contributed by atoms with Crippen LogP contribution in [-0.4, -0.2) is 43.4 Å². The molecule has 0 aliphatic carbocycles. The molecule has 2 aromatic rings. The second-order valence-electron chi connectivity index (χ2n) is 9.86. The molecular formula is C28H39N3O4. The summed E-state index contributed by atoms with van der Waals surface area (Å²) in [5, 5.41) is 2.87. The summed E-state index contributed by atoms with van der Waals surface area (Å²) >= 11 is 0. The standard InChI is InChI=1S/C28H39N3O4/c1-8-35-26(33)17-16-25(32)29-23-14-15-24(30(6)7)22(18-23)19-31(27(34)28(3,4)5)20(2)21-12-10-9-11-13-21/h9-15,18,20H,8,16-17,19H2,1-7H3,(H,29,32)/t20-/m0/s1. The molecular weight excluding hydrogens is 442 g/mol. The molecule has 7 heteroatoms. The van der Waals surface area contributed by atoms with Crippen molar-refractivity contribution in [2.75, 3.05) is 30.9 Å². The molecule has 2 rings (SSSR count). The van der Waals surface area contributed by atoms with Crippen molar-refractivity contribution in [2.24, 2.45) is 5.41 Å². The van der Waals surface area contributed by atoms with Gasteiger partial charge in [-0.3, -0.25) is 14.4 Å². The fraction of sp³-hybridized carbons (Fsp3) is 0.464. The van der Waals surface area contributed by atoms with Crippen LogP contribution in [0.5, 0.6) is 0 Å². The molecule has 2 aromatic carbocycles. The van der Waals surface area contributed by atoms with Crippen molar-refractivity contribution in [3.8, 4) is 0 Å². The Morgan fingerprint density at radius 2 is 1.66 bits per heavy atom. The highest BCUT2D eigenvalue weighted by Crippen LogP contribution is 2.32. The van der Waals surface area contributed by atoms with E-state index in [1.807, 2.05) is 100 Å². The van der Waals surface area contributed by atoms with Gasteiger partial charge in [0.15, 0.2) is 0 Å². The number of hydrogen-bond donors (Lipinski definition) is 1. The number of rotatable bonds is 10. The van der Waals surface area contributed by atoms with Crippen molar-refractivity contribution in [1.82, 2.24) is 4.90 Å². The van der Waals surface area contributed by atoms with Gasteiger partial charge < -0.3 is 19.9 Å². The highest BCUT2D eigenvalue weighted by Gasteiger charge is 2.31. The van der Waals surface area contributed by atoms with Crippen LogP contribution in [0.2, 0.25) is 0 Å². The minimum atomic E-state index is -0.555. The number of anilines is 2. The first-order valence-corrected chi connectivity index (χ1v) is 12.1. The number of carbonyl (C=O) groups is 3. The van der Waals surface area contributed by atoms with E-state index in [1.54, 1.807) is 6.92 Å². The molecule has 0 aliphatic heterocycles. The Balaban J connectivity index is 2.34. The van der Waals surface area contributed by atoms with Crippen molar-refractivity contribution in [3.63, 3.8) is 0 Å². The fourth-order valence-corrected chi connectivity index (χ4v) is 3.81. The largest absolute Gasteiger partial charge is 0.466 e. The van der Waals surface area contributed by atoms with Crippen LogP contribution in [-0.2, 0) is 25.7 Å². The minimum Gasteiger partial charge on any atom is -0.466 e. The summed E-state index contributed by atoms with van der Waals surface area (Å²) < 4.78 is 4.89. The fourth-order valence-electron chi connectivity index (χ4n) is 3.81. The second-order valence-corrected chi connectivity index (χ2v) is 9.86. The number of carbonyl (C=O) groups excluding carboxylic acids is 3. The summed E-state index contributed by atoms with van der Waals surface area (Å²) in [7, 11) is 3.90. The van der Waals surface area contributed by atoms with E-state index in [2.05, 4.69) is 5.32 Å². The maximum Gasteiger partial charge on any atom is 0.306 e. The zero-order chi connectivity index (χ0) is 26.2. The van der Waals surface area contributed by atoms with Gasteiger partial charge in [-0.1, -0.05) is 51.1 Å². The summed E-state index contributed by atoms with van der Waals surface area (Å²) in [6.45, 7) is 10.2. The van der Waals surface area contributed by atoms with E-state index < -0.39 is 11.4 Å². The number of nitrogens with one attached hydrogen (secondary N) is 1. The zero-order valence-electron chi connectivity index (χ0n) is 22.1. The Kier molecular flexibility index (Phi) is 9.87. The van der Waals surface area contributed by atoms with Crippen molar-refractivity contribution in [2.45, 2.75) is 60.0 Å². The van der Waals surface area contributed by atoms with E-state index >= 15 is 0 Å². The quantitative estimate of drug-likeness (QED) is 0.474. The summed E-state index contributed by atoms with van der Waals surface area (Å²) in [6.07, 6.45) is 0.0774. The van der Waals surface area contributed by atoms with Gasteiger partial charge in [0.05, 0.1) is 19.1 Å². The van der Waals surface area contributed by atoms with Crippen molar-refractivity contribution < 1.29 is 19.1 Å². The Morgan fingerprint density at radius 3 is 2.23 bits per heavy atom. The Bertz CT molecular complexity index is 1010. The summed E-state index contributed by atoms with van der Waals surface area (Å²) in [5.74, 6) is -0.609. The molecule has 0 unspecified atom stereocenters. The van der Waals surface area contributed by atoms with Crippen LogP contribution in [0.3, 0.4) is 0 Å². The molecule has 2 amide bonds. The molecule has 0 aliphatic rings. The van der Waals surface area contributed by atoms with E-state index in [0.29, 0.717) is 18.8 Å². The molecule has 1 atom stereocenters. The number of benzene rings is 2. The first-order valence-electron chi connectivity index (χ1n) is 12.1. The molecule has 0 spiro atoms. The van der Waals surface area contributed by atoms with Gasteiger partial charge in [0, 0.05) is 43.9 Å². The van der Waals surface area contributed by atoms with Gasteiger partial charge in [-0.25, -0.2) is 0 Å². The number of ether oxygens (including phenoxy) is 1. The minimum absolute atomic E-state index is 0.0325. The molecule has 0 saturated heterocycles. The highest BCUT2D eigenvalue weighted by atomic mass is 16.5. The number of hydrogen-bond acceptors (Lipinski definition) is 5. The lowest BCUT2D eigenvalue weighted by molar-refractivity contribution is -0.144. The summed E-state index contributed by atoms with van der Waals surface area (Å²) in [5.41, 5.74) is 3.00. The van der Waals surface area contributed by atoms with Gasteiger partial charge in [-0.2, -0.15) is 0 Å². The lowest BCUT2D eigenvalue weighted by atomic mass is 9.92. The van der Waals surface area contributed by atoms with Crippen molar-refractivity contribution in [3.05, 3.63) is 59.7 Å². The van der Waals surface area contributed by atoms with Crippen LogP contribution in [0.1, 0.15) is 64.6 Å². The van der Waals surface area contributed by atoms with Gasteiger partial charge in [-0.05, 0) is 43.2 Å². The van der Waals surface area contributed by atoms with Gasteiger partial charge in [-0.15, -0.1) is 0 Å². The van der Waals surface area contributed by atoms with Gasteiger partial charge in [0.1, 0.15) is 0 Å². The third-order valence-electron chi connectivity index (χ3n) is 5.70. The van der Waals surface area contributed by atoms with Gasteiger partial charge in [0.25, 0.3) is 0 Å². The smallest absolute Gasteiger partial charge is 0.306 e. The lowest BCUT2D eigenvalue weighted by Gasteiger charge is -2.35. The van der Waals surface area contributed by atoms with Gasteiger partial charge in [0.2, 0.25) is 11.8 Å². The maximum absolute atomic E-state index is 13.5. The van der Waals surface area contributed by atoms with Crippen molar-refractivity contribution in [1.29, 1.82) is 0 Å². The van der Waals surface area contributed by atoms with Crippen molar-refractivity contribution >= 4 is 29.2 Å². The van der Waals surface area contributed by atoms with Crippen LogP contribution < -0.4 is 10.2 Å². The lowest BCUT2D eigenvalue weighted by Crippen LogP contribution is -2.40. The van der Waals surface area contributed by atoms with Crippen LogP contribution in [0.15, 0.2) is 48.5 Å². The predicted molar refractivity (Wildman–Crippen MR) is 140 cm³/mol. The number of nitrogens with zero attached hydrogens (tertiary/aromatic N) is 2. The monoisotopic (exact) mass is 481 g/mol. The second kappa shape index (κ2) is 12.4. The molecule has 35 heavy (non-hydrogen) atoms.